The first kappa shape index (κ1) is 20.6. The van der Waals surface area contributed by atoms with Gasteiger partial charge in [-0.3, -0.25) is 9.79 Å². The van der Waals surface area contributed by atoms with Crippen molar-refractivity contribution in [3.05, 3.63) is 35.6 Å². The van der Waals surface area contributed by atoms with Crippen LogP contribution < -0.4 is 10.6 Å². The van der Waals surface area contributed by atoms with Crippen LogP contribution >= 0.6 is 24.0 Å². The zero-order valence-corrected chi connectivity index (χ0v) is 15.2. The van der Waals surface area contributed by atoms with Crippen LogP contribution in [0.3, 0.4) is 0 Å². The molecule has 2 N–H and O–H groups in total. The Balaban J connectivity index is 0.00000441. The molecule has 0 unspecified atom stereocenters. The van der Waals surface area contributed by atoms with E-state index in [1.807, 2.05) is 0 Å². The summed E-state index contributed by atoms with van der Waals surface area (Å²) >= 11 is 0. The molecule has 0 fully saturated rings. The van der Waals surface area contributed by atoms with E-state index in [9.17, 15) is 9.18 Å². The van der Waals surface area contributed by atoms with Crippen LogP contribution in [0, 0.1) is 5.82 Å². The van der Waals surface area contributed by atoms with Gasteiger partial charge >= 0.3 is 5.97 Å². The highest BCUT2D eigenvalue weighted by Gasteiger charge is 2.04. The second-order valence-electron chi connectivity index (χ2n) is 4.35. The van der Waals surface area contributed by atoms with Crippen LogP contribution in [0.25, 0.3) is 0 Å². The summed E-state index contributed by atoms with van der Waals surface area (Å²) in [5, 5.41) is 6.09. The summed E-state index contributed by atoms with van der Waals surface area (Å²) < 4.78 is 18.3. The third-order valence-electron chi connectivity index (χ3n) is 2.78. The van der Waals surface area contributed by atoms with E-state index in [1.54, 1.807) is 32.2 Å². The van der Waals surface area contributed by atoms with Gasteiger partial charge in [-0.1, -0.05) is 18.2 Å². The van der Waals surface area contributed by atoms with Crippen molar-refractivity contribution in [1.29, 1.82) is 0 Å². The molecule has 0 heterocycles. The molecule has 0 aliphatic rings. The van der Waals surface area contributed by atoms with Gasteiger partial charge in [0.1, 0.15) is 5.82 Å². The first-order chi connectivity index (χ1) is 10.2. The van der Waals surface area contributed by atoms with E-state index < -0.39 is 0 Å². The molecular weight excluding hydrogens is 400 g/mol. The highest BCUT2D eigenvalue weighted by molar-refractivity contribution is 14.0. The first-order valence-electron chi connectivity index (χ1n) is 7.01. The topological polar surface area (TPSA) is 62.7 Å². The largest absolute Gasteiger partial charge is 0.466 e. The maximum atomic E-state index is 13.5. The standard InChI is InChI=1S/C15H22FN3O2.HI/c1-3-21-14(20)9-6-10-18-15(17-2)19-11-12-7-4-5-8-13(12)16;/h4-5,7-8H,3,6,9-11H2,1-2H3,(H2,17,18,19);1H. The number of hydrogen-bond donors (Lipinski definition) is 2. The molecule has 0 amide bonds. The molecule has 0 radical (unpaired) electrons. The van der Waals surface area contributed by atoms with Gasteiger partial charge in [-0.25, -0.2) is 4.39 Å². The number of nitrogens with one attached hydrogen (secondary N) is 2. The summed E-state index contributed by atoms with van der Waals surface area (Å²) in [4.78, 5) is 15.2. The SMILES string of the molecule is CCOC(=O)CCCNC(=NC)NCc1ccccc1F.I. The zero-order valence-electron chi connectivity index (χ0n) is 12.9. The lowest BCUT2D eigenvalue weighted by molar-refractivity contribution is -0.143. The van der Waals surface area contributed by atoms with Crippen molar-refractivity contribution in [1.82, 2.24) is 10.6 Å². The Morgan fingerprint density at radius 3 is 2.68 bits per heavy atom. The van der Waals surface area contributed by atoms with Crippen LogP contribution in [0.2, 0.25) is 0 Å². The van der Waals surface area contributed by atoms with E-state index in [1.165, 1.54) is 6.07 Å². The fourth-order valence-corrected chi connectivity index (χ4v) is 1.71. The van der Waals surface area contributed by atoms with E-state index in [2.05, 4.69) is 15.6 Å². The van der Waals surface area contributed by atoms with E-state index in [0.29, 0.717) is 44.1 Å². The molecule has 0 spiro atoms. The van der Waals surface area contributed by atoms with Crippen molar-refractivity contribution in [2.24, 2.45) is 4.99 Å². The minimum atomic E-state index is -0.247. The number of carbonyl (C=O) groups is 1. The number of ether oxygens (including phenoxy) is 1. The van der Waals surface area contributed by atoms with Gasteiger partial charge in [-0.2, -0.15) is 0 Å². The van der Waals surface area contributed by atoms with E-state index in [-0.39, 0.29) is 35.8 Å². The molecule has 7 heteroatoms. The Hall–Kier alpha value is -1.38. The molecule has 0 saturated carbocycles. The van der Waals surface area contributed by atoms with Crippen molar-refractivity contribution in [3.8, 4) is 0 Å². The third-order valence-corrected chi connectivity index (χ3v) is 2.78. The molecule has 0 bridgehead atoms. The fraction of sp³-hybridized carbons (Fsp3) is 0.467. The lowest BCUT2D eigenvalue weighted by Crippen LogP contribution is -2.37. The van der Waals surface area contributed by atoms with Gasteiger partial charge in [-0.05, 0) is 19.4 Å². The molecule has 0 aliphatic carbocycles. The monoisotopic (exact) mass is 423 g/mol. The van der Waals surface area contributed by atoms with Crippen LogP contribution in [-0.2, 0) is 16.1 Å². The molecule has 124 valence electrons. The van der Waals surface area contributed by atoms with E-state index in [4.69, 9.17) is 4.74 Å². The van der Waals surface area contributed by atoms with Gasteiger partial charge in [0, 0.05) is 32.1 Å². The average molecular weight is 423 g/mol. The summed E-state index contributed by atoms with van der Waals surface area (Å²) in [7, 11) is 1.64. The number of guanidine groups is 1. The fourth-order valence-electron chi connectivity index (χ4n) is 1.71. The van der Waals surface area contributed by atoms with E-state index in [0.717, 1.165) is 0 Å². The number of hydrogen-bond acceptors (Lipinski definition) is 3. The predicted octanol–water partition coefficient (Wildman–Crippen LogP) is 2.45. The Morgan fingerprint density at radius 2 is 2.05 bits per heavy atom. The van der Waals surface area contributed by atoms with Crippen molar-refractivity contribution in [3.63, 3.8) is 0 Å². The molecule has 1 aromatic carbocycles. The first-order valence-corrected chi connectivity index (χ1v) is 7.01. The number of aliphatic imine (C=N–C) groups is 1. The average Bonchev–Trinajstić information content (AvgIpc) is 2.48. The van der Waals surface area contributed by atoms with Gasteiger partial charge in [0.2, 0.25) is 0 Å². The van der Waals surface area contributed by atoms with Crippen molar-refractivity contribution >= 4 is 35.9 Å². The number of benzene rings is 1. The maximum absolute atomic E-state index is 13.5. The van der Waals surface area contributed by atoms with Crippen LogP contribution in [-0.4, -0.2) is 32.1 Å². The Labute approximate surface area is 147 Å². The van der Waals surface area contributed by atoms with Gasteiger partial charge in [-0.15, -0.1) is 24.0 Å². The second kappa shape index (κ2) is 12.2. The molecule has 5 nitrogen and oxygen atoms in total. The number of carbonyl (C=O) groups excluding carboxylic acids is 1. The molecule has 1 aromatic rings. The predicted molar refractivity (Wildman–Crippen MR) is 95.9 cm³/mol. The van der Waals surface area contributed by atoms with Gasteiger partial charge in [0.25, 0.3) is 0 Å². The van der Waals surface area contributed by atoms with Crippen LogP contribution in [0.15, 0.2) is 29.3 Å². The van der Waals surface area contributed by atoms with Crippen molar-refractivity contribution in [2.45, 2.75) is 26.3 Å². The molecule has 0 aromatic heterocycles. The maximum Gasteiger partial charge on any atom is 0.305 e. The lowest BCUT2D eigenvalue weighted by atomic mass is 10.2. The second-order valence-corrected chi connectivity index (χ2v) is 4.35. The summed E-state index contributed by atoms with van der Waals surface area (Å²) in [5.74, 6) is 0.124. The zero-order chi connectivity index (χ0) is 15.5. The summed E-state index contributed by atoms with van der Waals surface area (Å²) in [6.07, 6.45) is 1.02. The molecule has 0 saturated heterocycles. The van der Waals surface area contributed by atoms with Gasteiger partial charge in [0.05, 0.1) is 6.61 Å². The molecule has 22 heavy (non-hydrogen) atoms. The highest BCUT2D eigenvalue weighted by atomic mass is 127. The molecular formula is C15H23FIN3O2. The minimum absolute atomic E-state index is 0. The summed E-state index contributed by atoms with van der Waals surface area (Å²) in [6.45, 7) is 3.13. The van der Waals surface area contributed by atoms with Crippen LogP contribution in [0.4, 0.5) is 4.39 Å². The molecule has 0 aliphatic heterocycles. The van der Waals surface area contributed by atoms with Gasteiger partial charge < -0.3 is 15.4 Å². The smallest absolute Gasteiger partial charge is 0.305 e. The lowest BCUT2D eigenvalue weighted by Gasteiger charge is -2.12. The van der Waals surface area contributed by atoms with Crippen molar-refractivity contribution in [2.75, 3.05) is 20.2 Å². The number of halogens is 2. The Morgan fingerprint density at radius 1 is 1.32 bits per heavy atom. The Kier molecular flexibility index (Phi) is 11.4. The minimum Gasteiger partial charge on any atom is -0.466 e. The van der Waals surface area contributed by atoms with Crippen LogP contribution in [0.5, 0.6) is 0 Å². The molecule has 1 rings (SSSR count). The molecule has 0 atom stereocenters. The number of rotatable bonds is 7. The number of esters is 1. The van der Waals surface area contributed by atoms with E-state index >= 15 is 0 Å². The van der Waals surface area contributed by atoms with Crippen LogP contribution in [0.1, 0.15) is 25.3 Å². The normalized spacial score (nSPS) is 10.6. The Bertz CT molecular complexity index is 484. The summed E-state index contributed by atoms with van der Waals surface area (Å²) in [6, 6.07) is 6.58. The highest BCUT2D eigenvalue weighted by Crippen LogP contribution is 2.05. The third kappa shape index (κ3) is 8.16. The van der Waals surface area contributed by atoms with Gasteiger partial charge in [0.15, 0.2) is 5.96 Å². The number of nitrogens with zero attached hydrogens (tertiary/aromatic N) is 1. The van der Waals surface area contributed by atoms with Crippen molar-refractivity contribution < 1.29 is 13.9 Å². The quantitative estimate of drug-likeness (QED) is 0.233. The summed E-state index contributed by atoms with van der Waals surface area (Å²) in [5.41, 5.74) is 0.576.